The Morgan fingerprint density at radius 1 is 1.47 bits per heavy atom. The molecule has 0 unspecified atom stereocenters. The number of nitrogens with one attached hydrogen (secondary N) is 1. The minimum absolute atomic E-state index is 0.366. The maximum Gasteiger partial charge on any atom is 0.104 e. The first-order valence-electron chi connectivity index (χ1n) is 6.45. The molecular formula is C14H19ClN2S2. The van der Waals surface area contributed by atoms with Crippen LogP contribution in [-0.2, 0) is 0 Å². The number of halogens is 1. The Labute approximate surface area is 129 Å². The fourth-order valence-electron chi connectivity index (χ4n) is 2.54. The van der Waals surface area contributed by atoms with Crippen LogP contribution in [0.1, 0.15) is 31.2 Å². The molecule has 2 rings (SSSR count). The maximum absolute atomic E-state index is 6.26. The van der Waals surface area contributed by atoms with E-state index in [9.17, 15) is 0 Å². The molecule has 5 heteroatoms. The molecule has 0 radical (unpaired) electrons. The molecule has 1 saturated carbocycles. The van der Waals surface area contributed by atoms with Gasteiger partial charge in [-0.05, 0) is 37.3 Å². The van der Waals surface area contributed by atoms with E-state index in [-0.39, 0.29) is 0 Å². The zero-order valence-electron chi connectivity index (χ0n) is 11.0. The molecule has 104 valence electrons. The lowest BCUT2D eigenvalue weighted by molar-refractivity contribution is 0.640. The number of rotatable bonds is 5. The minimum atomic E-state index is 0.366. The molecule has 0 atom stereocenters. The summed E-state index contributed by atoms with van der Waals surface area (Å²) >= 11 is 13.2. The van der Waals surface area contributed by atoms with Gasteiger partial charge >= 0.3 is 0 Å². The quantitative estimate of drug-likeness (QED) is 0.804. The highest BCUT2D eigenvalue weighted by Crippen LogP contribution is 2.40. The van der Waals surface area contributed by atoms with Crippen LogP contribution in [0.4, 0.5) is 5.69 Å². The Balaban J connectivity index is 2.05. The molecule has 1 aliphatic rings. The maximum atomic E-state index is 6.26. The minimum Gasteiger partial charge on any atom is -0.389 e. The molecule has 0 aromatic heterocycles. The van der Waals surface area contributed by atoms with Crippen molar-refractivity contribution in [2.45, 2.75) is 30.4 Å². The van der Waals surface area contributed by atoms with Gasteiger partial charge in [-0.3, -0.25) is 0 Å². The van der Waals surface area contributed by atoms with Gasteiger partial charge in [0, 0.05) is 16.9 Å². The van der Waals surface area contributed by atoms with Gasteiger partial charge < -0.3 is 11.1 Å². The average molecular weight is 315 g/mol. The molecule has 0 aliphatic heterocycles. The lowest BCUT2D eigenvalue weighted by atomic mass is 10.1. The van der Waals surface area contributed by atoms with E-state index in [4.69, 9.17) is 29.6 Å². The highest BCUT2D eigenvalue weighted by molar-refractivity contribution is 8.00. The largest absolute Gasteiger partial charge is 0.389 e. The summed E-state index contributed by atoms with van der Waals surface area (Å²) in [7, 11) is 0. The van der Waals surface area contributed by atoms with Crippen LogP contribution in [0.15, 0.2) is 18.2 Å². The van der Waals surface area contributed by atoms with Gasteiger partial charge in [0.15, 0.2) is 0 Å². The molecule has 1 aliphatic carbocycles. The van der Waals surface area contributed by atoms with Crippen molar-refractivity contribution >= 4 is 46.3 Å². The third kappa shape index (κ3) is 3.56. The summed E-state index contributed by atoms with van der Waals surface area (Å²) in [5.41, 5.74) is 7.37. The highest BCUT2D eigenvalue weighted by atomic mass is 35.5. The summed E-state index contributed by atoms with van der Waals surface area (Å²) in [4.78, 5) is 0.379. The van der Waals surface area contributed by atoms with Crippen molar-refractivity contribution in [2.24, 2.45) is 5.73 Å². The van der Waals surface area contributed by atoms with Crippen molar-refractivity contribution in [3.63, 3.8) is 0 Å². The summed E-state index contributed by atoms with van der Waals surface area (Å²) < 4.78 is 0.366. The normalized spacial score (nSPS) is 17.4. The molecule has 0 heterocycles. The Morgan fingerprint density at radius 3 is 2.68 bits per heavy atom. The lowest BCUT2D eigenvalue weighted by Crippen LogP contribution is -2.30. The van der Waals surface area contributed by atoms with Crippen LogP contribution in [0.2, 0.25) is 5.02 Å². The average Bonchev–Trinajstić information content (AvgIpc) is 2.86. The van der Waals surface area contributed by atoms with Gasteiger partial charge in [-0.1, -0.05) is 36.7 Å². The number of hydrogen-bond donors (Lipinski definition) is 2. The third-order valence-corrected chi connectivity index (χ3v) is 5.77. The monoisotopic (exact) mass is 314 g/mol. The molecule has 19 heavy (non-hydrogen) atoms. The number of hydrogen-bond acceptors (Lipinski definition) is 3. The van der Waals surface area contributed by atoms with Crippen LogP contribution in [0.25, 0.3) is 0 Å². The van der Waals surface area contributed by atoms with Crippen molar-refractivity contribution < 1.29 is 0 Å². The number of thioether (sulfide) groups is 1. The van der Waals surface area contributed by atoms with E-state index in [1.165, 1.54) is 25.7 Å². The molecule has 0 saturated heterocycles. The standard InChI is InChI=1S/C14H19ClN2S2/c1-19-14(6-2-3-7-14)9-17-12-5-4-10(13(16)18)8-11(12)15/h4-5,8,17H,2-3,6-7,9H2,1H3,(H2,16,18). The Bertz CT molecular complexity index is 471. The van der Waals surface area contributed by atoms with Gasteiger partial charge in [0.1, 0.15) is 4.99 Å². The first kappa shape index (κ1) is 14.9. The van der Waals surface area contributed by atoms with Gasteiger partial charge in [-0.15, -0.1) is 0 Å². The number of thiocarbonyl (C=S) groups is 1. The van der Waals surface area contributed by atoms with Crippen molar-refractivity contribution in [3.8, 4) is 0 Å². The zero-order valence-corrected chi connectivity index (χ0v) is 13.4. The van der Waals surface area contributed by atoms with Crippen molar-refractivity contribution in [2.75, 3.05) is 18.1 Å². The highest BCUT2D eigenvalue weighted by Gasteiger charge is 2.32. The van der Waals surface area contributed by atoms with E-state index in [0.29, 0.717) is 14.8 Å². The third-order valence-electron chi connectivity index (χ3n) is 3.80. The summed E-state index contributed by atoms with van der Waals surface area (Å²) in [5.74, 6) is 0. The van der Waals surface area contributed by atoms with Crippen LogP contribution in [0, 0.1) is 0 Å². The van der Waals surface area contributed by atoms with Gasteiger partial charge in [0.25, 0.3) is 0 Å². The molecule has 0 bridgehead atoms. The summed E-state index contributed by atoms with van der Waals surface area (Å²) in [6.07, 6.45) is 7.42. The van der Waals surface area contributed by atoms with E-state index in [0.717, 1.165) is 17.8 Å². The van der Waals surface area contributed by atoms with E-state index < -0.39 is 0 Å². The number of benzene rings is 1. The molecule has 1 aromatic carbocycles. The van der Waals surface area contributed by atoms with E-state index in [1.54, 1.807) is 0 Å². The summed E-state index contributed by atoms with van der Waals surface area (Å²) in [5, 5.41) is 4.16. The second-order valence-corrected chi connectivity index (χ2v) is 7.13. The van der Waals surface area contributed by atoms with Gasteiger partial charge in [-0.25, -0.2) is 0 Å². The Hall–Kier alpha value is -0.450. The van der Waals surface area contributed by atoms with Crippen LogP contribution in [-0.4, -0.2) is 22.5 Å². The smallest absolute Gasteiger partial charge is 0.104 e. The predicted octanol–water partition coefficient (Wildman–Crippen LogP) is 4.06. The van der Waals surface area contributed by atoms with Gasteiger partial charge in [-0.2, -0.15) is 11.8 Å². The second-order valence-electron chi connectivity index (χ2n) is 5.01. The molecule has 1 fully saturated rings. The fraction of sp³-hybridized carbons (Fsp3) is 0.500. The van der Waals surface area contributed by atoms with Gasteiger partial charge in [0.2, 0.25) is 0 Å². The predicted molar refractivity (Wildman–Crippen MR) is 90.5 cm³/mol. The van der Waals surface area contributed by atoms with Crippen LogP contribution in [0.3, 0.4) is 0 Å². The molecule has 3 N–H and O–H groups in total. The van der Waals surface area contributed by atoms with Crippen molar-refractivity contribution in [3.05, 3.63) is 28.8 Å². The molecular weight excluding hydrogens is 296 g/mol. The zero-order chi connectivity index (χ0) is 13.9. The number of anilines is 1. The number of nitrogens with two attached hydrogens (primary N) is 1. The molecule has 2 nitrogen and oxygen atoms in total. The molecule has 0 spiro atoms. The SMILES string of the molecule is CSC1(CNc2ccc(C(N)=S)cc2Cl)CCCC1. The molecule has 1 aromatic rings. The van der Waals surface area contributed by atoms with Crippen molar-refractivity contribution in [1.29, 1.82) is 0 Å². The van der Waals surface area contributed by atoms with E-state index in [1.807, 2.05) is 30.0 Å². The van der Waals surface area contributed by atoms with Crippen LogP contribution >= 0.6 is 35.6 Å². The first-order valence-corrected chi connectivity index (χ1v) is 8.46. The van der Waals surface area contributed by atoms with Crippen LogP contribution in [0.5, 0.6) is 0 Å². The van der Waals surface area contributed by atoms with Crippen molar-refractivity contribution in [1.82, 2.24) is 0 Å². The Kier molecular flexibility index (Phi) is 4.98. The van der Waals surface area contributed by atoms with E-state index in [2.05, 4.69) is 11.6 Å². The molecule has 0 amide bonds. The second kappa shape index (κ2) is 6.33. The van der Waals surface area contributed by atoms with E-state index >= 15 is 0 Å². The van der Waals surface area contributed by atoms with Gasteiger partial charge in [0.05, 0.1) is 10.7 Å². The summed E-state index contributed by atoms with van der Waals surface area (Å²) in [6, 6.07) is 5.70. The topological polar surface area (TPSA) is 38.0 Å². The fourth-order valence-corrected chi connectivity index (χ4v) is 3.83. The van der Waals surface area contributed by atoms with Crippen LogP contribution < -0.4 is 11.1 Å². The first-order chi connectivity index (χ1) is 9.06. The Morgan fingerprint density at radius 2 is 2.16 bits per heavy atom. The lowest BCUT2D eigenvalue weighted by Gasteiger charge is -2.27. The summed E-state index contributed by atoms with van der Waals surface area (Å²) in [6.45, 7) is 0.959.